The SMILES string of the molecule is COCCNc1nnc(S[C@@H](C)C(=O)c2ccc(OC)cc2)s1. The van der Waals surface area contributed by atoms with Gasteiger partial charge in [-0.3, -0.25) is 4.79 Å². The van der Waals surface area contributed by atoms with Crippen LogP contribution in [-0.4, -0.2) is 48.6 Å². The van der Waals surface area contributed by atoms with Crippen LogP contribution < -0.4 is 10.1 Å². The van der Waals surface area contributed by atoms with Crippen molar-refractivity contribution in [1.29, 1.82) is 0 Å². The molecule has 1 aromatic heterocycles. The van der Waals surface area contributed by atoms with Crippen molar-refractivity contribution in [2.75, 3.05) is 32.7 Å². The van der Waals surface area contributed by atoms with E-state index in [-0.39, 0.29) is 11.0 Å². The summed E-state index contributed by atoms with van der Waals surface area (Å²) < 4.78 is 10.8. The van der Waals surface area contributed by atoms with Gasteiger partial charge in [0.1, 0.15) is 5.75 Å². The van der Waals surface area contributed by atoms with E-state index in [0.29, 0.717) is 18.7 Å². The molecule has 1 aromatic carbocycles. The second-order valence-corrected chi connectivity index (χ2v) is 7.21. The van der Waals surface area contributed by atoms with Gasteiger partial charge in [0.2, 0.25) is 5.13 Å². The van der Waals surface area contributed by atoms with Crippen LogP contribution in [-0.2, 0) is 4.74 Å². The lowest BCUT2D eigenvalue weighted by Crippen LogP contribution is -2.13. The summed E-state index contributed by atoms with van der Waals surface area (Å²) in [7, 11) is 3.25. The molecular weight excluding hydrogens is 334 g/mol. The molecule has 0 aliphatic carbocycles. The molecular formula is C15H19N3O3S2. The highest BCUT2D eigenvalue weighted by molar-refractivity contribution is 8.02. The van der Waals surface area contributed by atoms with Crippen molar-refractivity contribution < 1.29 is 14.3 Å². The highest BCUT2D eigenvalue weighted by Gasteiger charge is 2.18. The minimum absolute atomic E-state index is 0.0572. The van der Waals surface area contributed by atoms with Crippen molar-refractivity contribution >= 4 is 34.0 Å². The molecule has 8 heteroatoms. The first-order valence-electron chi connectivity index (χ1n) is 7.05. The normalized spacial score (nSPS) is 12.0. The molecule has 6 nitrogen and oxygen atoms in total. The number of nitrogens with one attached hydrogen (secondary N) is 1. The first kappa shape index (κ1) is 17.7. The van der Waals surface area contributed by atoms with Crippen LogP contribution in [0.1, 0.15) is 17.3 Å². The fourth-order valence-corrected chi connectivity index (χ4v) is 3.78. The Kier molecular flexibility index (Phi) is 6.82. The summed E-state index contributed by atoms with van der Waals surface area (Å²) in [6, 6.07) is 7.12. The minimum atomic E-state index is -0.233. The van der Waals surface area contributed by atoms with Gasteiger partial charge in [-0.1, -0.05) is 23.1 Å². The number of aromatic nitrogens is 2. The largest absolute Gasteiger partial charge is 0.497 e. The number of thioether (sulfide) groups is 1. The predicted octanol–water partition coefficient (Wildman–Crippen LogP) is 2.97. The standard InChI is InChI=1S/C15H19N3O3S2/c1-10(13(19)11-4-6-12(21-3)7-5-11)22-15-18-17-14(23-15)16-8-9-20-2/h4-7,10H,8-9H2,1-3H3,(H,16,17)/t10-/m0/s1. The second-order valence-electron chi connectivity index (χ2n) is 4.65. The van der Waals surface area contributed by atoms with Gasteiger partial charge in [0.25, 0.3) is 0 Å². The molecule has 1 atom stereocenters. The zero-order valence-corrected chi connectivity index (χ0v) is 14.9. The van der Waals surface area contributed by atoms with Gasteiger partial charge >= 0.3 is 0 Å². The first-order chi connectivity index (χ1) is 11.1. The Hall–Kier alpha value is -1.64. The van der Waals surface area contributed by atoms with Crippen molar-refractivity contribution in [3.05, 3.63) is 29.8 Å². The van der Waals surface area contributed by atoms with Crippen LogP contribution >= 0.6 is 23.1 Å². The molecule has 2 rings (SSSR count). The average Bonchev–Trinajstić information content (AvgIpc) is 3.02. The summed E-state index contributed by atoms with van der Waals surface area (Å²) in [6.07, 6.45) is 0. The summed E-state index contributed by atoms with van der Waals surface area (Å²) in [5.74, 6) is 0.791. The quantitative estimate of drug-likeness (QED) is 0.422. The summed E-state index contributed by atoms with van der Waals surface area (Å²) in [5.41, 5.74) is 0.661. The van der Waals surface area contributed by atoms with Crippen molar-refractivity contribution in [2.45, 2.75) is 16.5 Å². The van der Waals surface area contributed by atoms with E-state index in [0.717, 1.165) is 15.2 Å². The summed E-state index contributed by atoms with van der Waals surface area (Å²) in [5, 5.41) is 11.8. The highest BCUT2D eigenvalue weighted by atomic mass is 32.2. The van der Waals surface area contributed by atoms with Crippen molar-refractivity contribution in [2.24, 2.45) is 0 Å². The number of benzene rings is 1. The number of anilines is 1. The van der Waals surface area contributed by atoms with E-state index in [9.17, 15) is 4.79 Å². The van der Waals surface area contributed by atoms with Crippen molar-refractivity contribution in [3.63, 3.8) is 0 Å². The minimum Gasteiger partial charge on any atom is -0.497 e. The summed E-state index contributed by atoms with van der Waals surface area (Å²) >= 11 is 2.84. The zero-order chi connectivity index (χ0) is 16.7. The van der Waals surface area contributed by atoms with Crippen LogP contribution in [0.4, 0.5) is 5.13 Å². The summed E-state index contributed by atoms with van der Waals surface area (Å²) in [4.78, 5) is 12.4. The number of ketones is 1. The van der Waals surface area contributed by atoms with Crippen LogP contribution in [0.15, 0.2) is 28.6 Å². The fourth-order valence-electron chi connectivity index (χ4n) is 1.78. The molecule has 1 heterocycles. The summed E-state index contributed by atoms with van der Waals surface area (Å²) in [6.45, 7) is 3.15. The molecule has 0 fully saturated rings. The number of carbonyl (C=O) groups is 1. The Labute approximate surface area is 143 Å². The van der Waals surface area contributed by atoms with Crippen LogP contribution in [0, 0.1) is 0 Å². The van der Waals surface area contributed by atoms with Gasteiger partial charge < -0.3 is 14.8 Å². The monoisotopic (exact) mass is 353 g/mol. The third kappa shape index (κ3) is 5.19. The average molecular weight is 353 g/mol. The molecule has 0 radical (unpaired) electrons. The van der Waals surface area contributed by atoms with Gasteiger partial charge in [0.05, 0.1) is 19.0 Å². The Morgan fingerprint density at radius 3 is 2.70 bits per heavy atom. The molecule has 0 amide bonds. The lowest BCUT2D eigenvalue weighted by atomic mass is 10.1. The molecule has 0 aliphatic rings. The molecule has 2 aromatic rings. The maximum absolute atomic E-state index is 12.4. The molecule has 0 saturated carbocycles. The molecule has 0 aliphatic heterocycles. The molecule has 0 bridgehead atoms. The maximum Gasteiger partial charge on any atom is 0.206 e. The lowest BCUT2D eigenvalue weighted by molar-refractivity contribution is 0.0994. The Morgan fingerprint density at radius 1 is 1.30 bits per heavy atom. The third-order valence-electron chi connectivity index (χ3n) is 3.01. The zero-order valence-electron chi connectivity index (χ0n) is 13.2. The molecule has 0 saturated heterocycles. The Bertz CT molecular complexity index is 631. The van der Waals surface area contributed by atoms with Gasteiger partial charge in [0.15, 0.2) is 10.1 Å². The number of hydrogen-bond donors (Lipinski definition) is 1. The van der Waals surface area contributed by atoms with Crippen LogP contribution in [0.2, 0.25) is 0 Å². The molecule has 124 valence electrons. The van der Waals surface area contributed by atoms with E-state index >= 15 is 0 Å². The molecule has 0 spiro atoms. The smallest absolute Gasteiger partial charge is 0.206 e. The van der Waals surface area contributed by atoms with Crippen LogP contribution in [0.5, 0.6) is 5.75 Å². The molecule has 23 heavy (non-hydrogen) atoms. The second kappa shape index (κ2) is 8.85. The topological polar surface area (TPSA) is 73.3 Å². The van der Waals surface area contributed by atoms with E-state index in [4.69, 9.17) is 9.47 Å². The van der Waals surface area contributed by atoms with Gasteiger partial charge in [-0.15, -0.1) is 10.2 Å². The van der Waals surface area contributed by atoms with Gasteiger partial charge in [0, 0.05) is 19.2 Å². The number of ether oxygens (including phenoxy) is 2. The first-order valence-corrected chi connectivity index (χ1v) is 8.75. The van der Waals surface area contributed by atoms with Crippen molar-refractivity contribution in [1.82, 2.24) is 10.2 Å². The number of Topliss-reactive ketones (excluding diaryl/α,β-unsaturated/α-hetero) is 1. The van der Waals surface area contributed by atoms with E-state index in [2.05, 4.69) is 15.5 Å². The molecule has 0 unspecified atom stereocenters. The molecule has 1 N–H and O–H groups in total. The Morgan fingerprint density at radius 2 is 2.04 bits per heavy atom. The van der Waals surface area contributed by atoms with E-state index in [1.54, 1.807) is 38.5 Å². The number of nitrogens with zero attached hydrogens (tertiary/aromatic N) is 2. The van der Waals surface area contributed by atoms with E-state index < -0.39 is 0 Å². The van der Waals surface area contributed by atoms with Crippen LogP contribution in [0.25, 0.3) is 0 Å². The maximum atomic E-state index is 12.4. The number of carbonyl (C=O) groups excluding carboxylic acids is 1. The fraction of sp³-hybridized carbons (Fsp3) is 0.400. The number of methoxy groups -OCH3 is 2. The van der Waals surface area contributed by atoms with Crippen molar-refractivity contribution in [3.8, 4) is 5.75 Å². The van der Waals surface area contributed by atoms with Gasteiger partial charge in [-0.25, -0.2) is 0 Å². The van der Waals surface area contributed by atoms with Crippen LogP contribution in [0.3, 0.4) is 0 Å². The lowest BCUT2D eigenvalue weighted by Gasteiger charge is -2.08. The van der Waals surface area contributed by atoms with Gasteiger partial charge in [-0.2, -0.15) is 0 Å². The number of rotatable bonds is 9. The predicted molar refractivity (Wildman–Crippen MR) is 92.9 cm³/mol. The van der Waals surface area contributed by atoms with E-state index in [1.807, 2.05) is 6.92 Å². The highest BCUT2D eigenvalue weighted by Crippen LogP contribution is 2.30. The number of hydrogen-bond acceptors (Lipinski definition) is 8. The Balaban J connectivity index is 1.92. The van der Waals surface area contributed by atoms with E-state index in [1.165, 1.54) is 23.1 Å². The van der Waals surface area contributed by atoms with Gasteiger partial charge in [-0.05, 0) is 31.2 Å². The third-order valence-corrected chi connectivity index (χ3v) is 5.08.